The van der Waals surface area contributed by atoms with Crippen molar-refractivity contribution in [3.63, 3.8) is 0 Å². The van der Waals surface area contributed by atoms with Gasteiger partial charge in [-0.2, -0.15) is 0 Å². The second-order valence-electron chi connectivity index (χ2n) is 8.73. The Balaban J connectivity index is 1.61. The smallest absolute Gasteiger partial charge is 0.0459 e. The summed E-state index contributed by atoms with van der Waals surface area (Å²) in [6.45, 7) is 2.92. The van der Waals surface area contributed by atoms with Gasteiger partial charge >= 0.3 is 0 Å². The zero-order valence-corrected chi connectivity index (χ0v) is 14.2. The quantitative estimate of drug-likeness (QED) is 0.864. The van der Waals surface area contributed by atoms with Crippen LogP contribution in [-0.4, -0.2) is 11.5 Å². The molecule has 0 aliphatic heterocycles. The summed E-state index contributed by atoms with van der Waals surface area (Å²) in [4.78, 5) is 3.56. The summed E-state index contributed by atoms with van der Waals surface area (Å²) >= 11 is 0. The largest absolute Gasteiger partial charge is 0.358 e. The highest BCUT2D eigenvalue weighted by Gasteiger charge is 2.51. The first-order chi connectivity index (χ1) is 11.2. The Labute approximate surface area is 138 Å². The summed E-state index contributed by atoms with van der Waals surface area (Å²) in [5.41, 5.74) is 12.0. The van der Waals surface area contributed by atoms with Gasteiger partial charge in [0.1, 0.15) is 0 Å². The van der Waals surface area contributed by atoms with E-state index < -0.39 is 0 Å². The van der Waals surface area contributed by atoms with Crippen LogP contribution in [-0.2, 0) is 11.8 Å². The van der Waals surface area contributed by atoms with Crippen LogP contribution in [0.2, 0.25) is 0 Å². The molecule has 1 heterocycles. The number of hydrogen-bond acceptors (Lipinski definition) is 1. The van der Waals surface area contributed by atoms with Gasteiger partial charge in [-0.3, -0.25) is 0 Å². The number of aryl methyl sites for hydroxylation is 1. The van der Waals surface area contributed by atoms with E-state index in [1.165, 1.54) is 60.7 Å². The van der Waals surface area contributed by atoms with Gasteiger partial charge in [-0.05, 0) is 105 Å². The fourth-order valence-electron chi connectivity index (χ4n) is 6.64. The summed E-state index contributed by atoms with van der Waals surface area (Å²) in [6, 6.07) is 7.28. The Morgan fingerprint density at radius 3 is 2.35 bits per heavy atom. The minimum absolute atomic E-state index is 0.494. The Hall–Kier alpha value is -1.28. The van der Waals surface area contributed by atoms with Crippen LogP contribution in [0.15, 0.2) is 18.2 Å². The van der Waals surface area contributed by atoms with Gasteiger partial charge in [-0.15, -0.1) is 0 Å². The van der Waals surface area contributed by atoms with E-state index in [2.05, 4.69) is 30.1 Å². The summed E-state index contributed by atoms with van der Waals surface area (Å²) in [5.74, 6) is 3.02. The van der Waals surface area contributed by atoms with Crippen LogP contribution in [0.5, 0.6) is 0 Å². The molecule has 2 heteroatoms. The first-order valence-electron chi connectivity index (χ1n) is 9.48. The zero-order valence-electron chi connectivity index (χ0n) is 14.2. The molecule has 0 atom stereocenters. The molecule has 2 nitrogen and oxygen atoms in total. The molecular formula is C21H28N2. The standard InChI is InChI=1S/C21H28N2/c1-13-18(4-5-22)19-9-17(2-3-20(19)23-13)21-10-14-6-15(11-21)8-16(7-14)12-21/h2-3,9,14-16,23H,4-8,10-12,22H2,1H3. The van der Waals surface area contributed by atoms with Gasteiger partial charge in [0.2, 0.25) is 0 Å². The topological polar surface area (TPSA) is 41.8 Å². The molecule has 4 bridgehead atoms. The third-order valence-corrected chi connectivity index (χ3v) is 7.16. The molecule has 4 aliphatic rings. The highest BCUT2D eigenvalue weighted by molar-refractivity contribution is 5.85. The first kappa shape index (κ1) is 14.1. The van der Waals surface area contributed by atoms with Crippen LogP contribution in [0.3, 0.4) is 0 Å². The summed E-state index contributed by atoms with van der Waals surface area (Å²) in [5, 5.41) is 1.43. The number of nitrogens with one attached hydrogen (secondary N) is 1. The number of rotatable bonds is 3. The third-order valence-electron chi connectivity index (χ3n) is 7.16. The Bertz CT molecular complexity index is 719. The van der Waals surface area contributed by atoms with Crippen molar-refractivity contribution in [1.82, 2.24) is 4.98 Å². The summed E-state index contributed by atoms with van der Waals surface area (Å²) in [6.07, 6.45) is 9.87. The van der Waals surface area contributed by atoms with Gasteiger partial charge in [0.25, 0.3) is 0 Å². The predicted octanol–water partition coefficient (Wildman–Crippen LogP) is 4.45. The first-order valence-corrected chi connectivity index (χ1v) is 9.48. The number of aromatic amines is 1. The fourth-order valence-corrected chi connectivity index (χ4v) is 6.64. The van der Waals surface area contributed by atoms with Crippen molar-refractivity contribution in [1.29, 1.82) is 0 Å². The van der Waals surface area contributed by atoms with Crippen LogP contribution in [0.25, 0.3) is 10.9 Å². The Kier molecular flexibility index (Phi) is 2.98. The number of nitrogens with two attached hydrogens (primary N) is 1. The zero-order chi connectivity index (χ0) is 15.6. The van der Waals surface area contributed by atoms with E-state index in [-0.39, 0.29) is 0 Å². The molecule has 6 rings (SSSR count). The van der Waals surface area contributed by atoms with Gasteiger partial charge in [0.15, 0.2) is 0 Å². The maximum atomic E-state index is 5.85. The molecule has 0 saturated heterocycles. The van der Waals surface area contributed by atoms with Crippen molar-refractivity contribution in [2.75, 3.05) is 6.54 Å². The number of aromatic nitrogens is 1. The second kappa shape index (κ2) is 4.86. The van der Waals surface area contributed by atoms with Crippen molar-refractivity contribution in [3.8, 4) is 0 Å². The van der Waals surface area contributed by atoms with E-state index >= 15 is 0 Å². The maximum absolute atomic E-state index is 5.85. The molecule has 0 amide bonds. The van der Waals surface area contributed by atoms with E-state index in [0.29, 0.717) is 5.41 Å². The average Bonchev–Trinajstić information content (AvgIpc) is 2.82. The molecule has 1 aromatic carbocycles. The molecule has 4 aliphatic carbocycles. The van der Waals surface area contributed by atoms with Crippen LogP contribution in [0.4, 0.5) is 0 Å². The van der Waals surface area contributed by atoms with Crippen molar-refractivity contribution < 1.29 is 0 Å². The van der Waals surface area contributed by atoms with Crippen LogP contribution in [0.1, 0.15) is 55.3 Å². The lowest BCUT2D eigenvalue weighted by atomic mass is 9.48. The monoisotopic (exact) mass is 308 g/mol. The van der Waals surface area contributed by atoms with Crippen molar-refractivity contribution in [2.24, 2.45) is 23.5 Å². The highest BCUT2D eigenvalue weighted by Crippen LogP contribution is 2.60. The van der Waals surface area contributed by atoms with Gasteiger partial charge < -0.3 is 10.7 Å². The van der Waals surface area contributed by atoms with Gasteiger partial charge in [-0.25, -0.2) is 0 Å². The van der Waals surface area contributed by atoms with Gasteiger partial charge in [-0.1, -0.05) is 6.07 Å². The molecule has 23 heavy (non-hydrogen) atoms. The summed E-state index contributed by atoms with van der Waals surface area (Å²) in [7, 11) is 0. The Morgan fingerprint density at radius 2 is 1.74 bits per heavy atom. The molecule has 0 radical (unpaired) electrons. The lowest BCUT2D eigenvalue weighted by Gasteiger charge is -2.57. The maximum Gasteiger partial charge on any atom is 0.0459 e. The fraction of sp³-hybridized carbons (Fsp3) is 0.619. The number of benzene rings is 1. The van der Waals surface area contributed by atoms with E-state index in [0.717, 1.165) is 30.7 Å². The van der Waals surface area contributed by atoms with Crippen molar-refractivity contribution in [3.05, 3.63) is 35.0 Å². The lowest BCUT2D eigenvalue weighted by Crippen LogP contribution is -2.48. The van der Waals surface area contributed by atoms with E-state index in [4.69, 9.17) is 5.73 Å². The van der Waals surface area contributed by atoms with Crippen LogP contribution >= 0.6 is 0 Å². The normalized spacial score (nSPS) is 35.3. The summed E-state index contributed by atoms with van der Waals surface area (Å²) < 4.78 is 0. The molecule has 0 unspecified atom stereocenters. The molecule has 3 N–H and O–H groups in total. The minimum atomic E-state index is 0.494. The number of H-pyrrole nitrogens is 1. The molecular weight excluding hydrogens is 280 g/mol. The van der Waals surface area contributed by atoms with Gasteiger partial charge in [0.05, 0.1) is 0 Å². The van der Waals surface area contributed by atoms with E-state index in [1.807, 2.05) is 0 Å². The number of fused-ring (bicyclic) bond motifs is 1. The average molecular weight is 308 g/mol. The predicted molar refractivity (Wildman–Crippen MR) is 95.6 cm³/mol. The molecule has 4 saturated carbocycles. The highest BCUT2D eigenvalue weighted by atomic mass is 14.7. The van der Waals surface area contributed by atoms with Crippen molar-refractivity contribution >= 4 is 10.9 Å². The molecule has 2 aromatic rings. The SMILES string of the molecule is Cc1[nH]c2ccc(C34CC5CC(CC(C5)C3)C4)cc2c1CCN. The van der Waals surface area contributed by atoms with Gasteiger partial charge in [0, 0.05) is 16.6 Å². The molecule has 0 spiro atoms. The third kappa shape index (κ3) is 2.04. The number of hydrogen-bond donors (Lipinski definition) is 2. The molecule has 122 valence electrons. The lowest BCUT2D eigenvalue weighted by molar-refractivity contribution is -0.00513. The van der Waals surface area contributed by atoms with Crippen LogP contribution in [0, 0.1) is 24.7 Å². The van der Waals surface area contributed by atoms with E-state index in [9.17, 15) is 0 Å². The van der Waals surface area contributed by atoms with Crippen molar-refractivity contribution in [2.45, 2.75) is 57.3 Å². The second-order valence-corrected chi connectivity index (χ2v) is 8.73. The molecule has 1 aromatic heterocycles. The Morgan fingerprint density at radius 1 is 1.09 bits per heavy atom. The van der Waals surface area contributed by atoms with E-state index in [1.54, 1.807) is 5.56 Å². The van der Waals surface area contributed by atoms with Crippen LogP contribution < -0.4 is 5.73 Å². The molecule has 4 fully saturated rings. The minimum Gasteiger partial charge on any atom is -0.358 e.